The summed E-state index contributed by atoms with van der Waals surface area (Å²) >= 11 is 0. The van der Waals surface area contributed by atoms with Gasteiger partial charge in [-0.15, -0.1) is 0 Å². The van der Waals surface area contributed by atoms with Gasteiger partial charge in [-0.25, -0.2) is 0 Å². The molecule has 0 saturated carbocycles. The number of benzene rings is 2. The van der Waals surface area contributed by atoms with E-state index in [0.717, 1.165) is 6.07 Å². The number of carbonyl (C=O) groups excluding carboxylic acids is 3. The average molecular weight is 448 g/mol. The number of esters is 1. The Morgan fingerprint density at radius 1 is 1.06 bits per heavy atom. The lowest BCUT2D eigenvalue weighted by Crippen LogP contribution is -2.42. The van der Waals surface area contributed by atoms with E-state index in [1.165, 1.54) is 36.1 Å². The summed E-state index contributed by atoms with van der Waals surface area (Å²) in [5, 5.41) is 2.82. The van der Waals surface area contributed by atoms with Crippen molar-refractivity contribution in [1.82, 2.24) is 10.2 Å². The molecule has 1 aliphatic rings. The molecule has 0 atom stereocenters. The maximum Gasteiger partial charge on any atom is 0.417 e. The Hall–Kier alpha value is -3.36. The molecular weight excluding hydrogens is 425 g/mol. The van der Waals surface area contributed by atoms with Gasteiger partial charge in [0, 0.05) is 32.1 Å². The SMILES string of the molecule is CC(=O)Oc1cccc(C(=O)NCC2CCN(C(=O)c3ccccc3C(F)(F)F)CC2)c1. The number of amides is 2. The summed E-state index contributed by atoms with van der Waals surface area (Å²) in [6, 6.07) is 11.0. The Kier molecular flexibility index (Phi) is 7.17. The molecule has 1 saturated heterocycles. The van der Waals surface area contributed by atoms with E-state index < -0.39 is 23.6 Å². The van der Waals surface area contributed by atoms with Gasteiger partial charge in [-0.05, 0) is 49.1 Å². The first-order valence-electron chi connectivity index (χ1n) is 10.2. The van der Waals surface area contributed by atoms with Gasteiger partial charge in [-0.3, -0.25) is 14.4 Å². The fourth-order valence-electron chi connectivity index (χ4n) is 3.63. The van der Waals surface area contributed by atoms with Gasteiger partial charge in [0.15, 0.2) is 0 Å². The largest absolute Gasteiger partial charge is 0.427 e. The molecule has 6 nitrogen and oxygen atoms in total. The van der Waals surface area contributed by atoms with Crippen molar-refractivity contribution in [3.63, 3.8) is 0 Å². The van der Waals surface area contributed by atoms with Crippen LogP contribution in [0.5, 0.6) is 5.75 Å². The van der Waals surface area contributed by atoms with Crippen LogP contribution in [0.4, 0.5) is 13.2 Å². The van der Waals surface area contributed by atoms with Gasteiger partial charge < -0.3 is 15.0 Å². The second kappa shape index (κ2) is 9.84. The minimum absolute atomic E-state index is 0.0949. The van der Waals surface area contributed by atoms with E-state index >= 15 is 0 Å². The first-order valence-corrected chi connectivity index (χ1v) is 10.2. The number of nitrogens with zero attached hydrogens (tertiary/aromatic N) is 1. The molecule has 2 aromatic rings. The Balaban J connectivity index is 1.53. The second-order valence-electron chi connectivity index (χ2n) is 7.61. The summed E-state index contributed by atoms with van der Waals surface area (Å²) in [5.41, 5.74) is -0.935. The molecule has 1 fully saturated rings. The number of halogens is 3. The zero-order valence-electron chi connectivity index (χ0n) is 17.4. The molecule has 2 aromatic carbocycles. The van der Waals surface area contributed by atoms with Gasteiger partial charge in [-0.1, -0.05) is 18.2 Å². The fraction of sp³-hybridized carbons (Fsp3) is 0.348. The van der Waals surface area contributed by atoms with Crippen LogP contribution in [0, 0.1) is 5.92 Å². The number of likely N-dealkylation sites (tertiary alicyclic amines) is 1. The summed E-state index contributed by atoms with van der Waals surface area (Å²) in [6.45, 7) is 2.27. The number of rotatable bonds is 5. The molecule has 1 heterocycles. The minimum Gasteiger partial charge on any atom is -0.427 e. The molecule has 0 spiro atoms. The molecule has 0 aromatic heterocycles. The lowest BCUT2D eigenvalue weighted by Gasteiger charge is -2.32. The number of hydrogen-bond donors (Lipinski definition) is 1. The van der Waals surface area contributed by atoms with Crippen molar-refractivity contribution in [2.75, 3.05) is 19.6 Å². The predicted octanol–water partition coefficient (Wildman–Crippen LogP) is 3.91. The number of carbonyl (C=O) groups is 3. The van der Waals surface area contributed by atoms with Crippen LogP contribution in [-0.2, 0) is 11.0 Å². The second-order valence-corrected chi connectivity index (χ2v) is 7.61. The van der Waals surface area contributed by atoms with E-state index in [2.05, 4.69) is 5.32 Å². The molecule has 1 aliphatic heterocycles. The summed E-state index contributed by atoms with van der Waals surface area (Å²) in [6.07, 6.45) is -3.47. The third-order valence-electron chi connectivity index (χ3n) is 5.27. The molecular formula is C23H23F3N2O4. The van der Waals surface area contributed by atoms with Crippen molar-refractivity contribution < 1.29 is 32.3 Å². The van der Waals surface area contributed by atoms with Crippen LogP contribution < -0.4 is 10.1 Å². The molecule has 170 valence electrons. The van der Waals surface area contributed by atoms with E-state index in [4.69, 9.17) is 4.74 Å². The maximum absolute atomic E-state index is 13.2. The molecule has 0 aliphatic carbocycles. The van der Waals surface area contributed by atoms with Gasteiger partial charge in [0.1, 0.15) is 5.75 Å². The molecule has 0 bridgehead atoms. The Labute approximate surface area is 183 Å². The number of ether oxygens (including phenoxy) is 1. The fourth-order valence-corrected chi connectivity index (χ4v) is 3.63. The maximum atomic E-state index is 13.2. The van der Waals surface area contributed by atoms with Crippen LogP contribution in [-0.4, -0.2) is 42.3 Å². The first-order chi connectivity index (χ1) is 15.1. The summed E-state index contributed by atoms with van der Waals surface area (Å²) in [4.78, 5) is 37.5. The summed E-state index contributed by atoms with van der Waals surface area (Å²) in [7, 11) is 0. The Morgan fingerprint density at radius 2 is 1.75 bits per heavy atom. The number of piperidine rings is 1. The molecule has 1 N–H and O–H groups in total. The molecule has 3 rings (SSSR count). The van der Waals surface area contributed by atoms with Crippen LogP contribution in [0.1, 0.15) is 46.0 Å². The van der Waals surface area contributed by atoms with Crippen molar-refractivity contribution in [3.05, 3.63) is 65.2 Å². The van der Waals surface area contributed by atoms with E-state index in [1.807, 2.05) is 0 Å². The van der Waals surface area contributed by atoms with Gasteiger partial charge >= 0.3 is 12.1 Å². The van der Waals surface area contributed by atoms with Crippen LogP contribution >= 0.6 is 0 Å². The standard InChI is InChI=1S/C23H23F3N2O4/c1-15(29)32-18-6-4-5-17(13-18)21(30)27-14-16-9-11-28(12-10-16)22(31)19-7-2-3-8-20(19)23(24,25)26/h2-8,13,16H,9-12,14H2,1H3,(H,27,30). The van der Waals surface area contributed by atoms with Crippen LogP contribution in [0.2, 0.25) is 0 Å². The van der Waals surface area contributed by atoms with Crippen LogP contribution in [0.3, 0.4) is 0 Å². The van der Waals surface area contributed by atoms with E-state index in [1.54, 1.807) is 18.2 Å². The minimum atomic E-state index is -4.60. The number of alkyl halides is 3. The van der Waals surface area contributed by atoms with E-state index in [-0.39, 0.29) is 23.1 Å². The van der Waals surface area contributed by atoms with Gasteiger partial charge in [0.25, 0.3) is 11.8 Å². The van der Waals surface area contributed by atoms with E-state index in [9.17, 15) is 27.6 Å². The Bertz CT molecular complexity index is 999. The van der Waals surface area contributed by atoms with Gasteiger partial charge in [0.2, 0.25) is 0 Å². The van der Waals surface area contributed by atoms with Gasteiger partial charge in [0.05, 0.1) is 11.1 Å². The highest BCUT2D eigenvalue weighted by Gasteiger charge is 2.36. The molecule has 9 heteroatoms. The lowest BCUT2D eigenvalue weighted by atomic mass is 9.95. The van der Waals surface area contributed by atoms with Crippen molar-refractivity contribution in [1.29, 1.82) is 0 Å². The lowest BCUT2D eigenvalue weighted by molar-refractivity contribution is -0.138. The third kappa shape index (κ3) is 5.87. The number of hydrogen-bond acceptors (Lipinski definition) is 4. The van der Waals surface area contributed by atoms with Crippen molar-refractivity contribution >= 4 is 17.8 Å². The quantitative estimate of drug-likeness (QED) is 0.556. The zero-order valence-corrected chi connectivity index (χ0v) is 17.4. The first kappa shape index (κ1) is 23.3. The highest BCUT2D eigenvalue weighted by atomic mass is 19.4. The monoisotopic (exact) mass is 448 g/mol. The van der Waals surface area contributed by atoms with Gasteiger partial charge in [-0.2, -0.15) is 13.2 Å². The molecule has 2 amide bonds. The predicted molar refractivity (Wildman–Crippen MR) is 110 cm³/mol. The summed E-state index contributed by atoms with van der Waals surface area (Å²) in [5.74, 6) is -1.07. The molecule has 0 radical (unpaired) electrons. The van der Waals surface area contributed by atoms with Crippen molar-refractivity contribution in [3.8, 4) is 5.75 Å². The zero-order chi connectivity index (χ0) is 23.3. The highest BCUT2D eigenvalue weighted by molar-refractivity contribution is 5.96. The normalized spacial score (nSPS) is 14.7. The highest BCUT2D eigenvalue weighted by Crippen LogP contribution is 2.33. The third-order valence-corrected chi connectivity index (χ3v) is 5.27. The average Bonchev–Trinajstić information content (AvgIpc) is 2.76. The molecule has 32 heavy (non-hydrogen) atoms. The Morgan fingerprint density at radius 3 is 2.41 bits per heavy atom. The van der Waals surface area contributed by atoms with Crippen LogP contribution in [0.25, 0.3) is 0 Å². The van der Waals surface area contributed by atoms with Crippen molar-refractivity contribution in [2.45, 2.75) is 25.9 Å². The van der Waals surface area contributed by atoms with Crippen molar-refractivity contribution in [2.24, 2.45) is 5.92 Å². The topological polar surface area (TPSA) is 75.7 Å². The number of nitrogens with one attached hydrogen (secondary N) is 1. The smallest absolute Gasteiger partial charge is 0.417 e. The van der Waals surface area contributed by atoms with E-state index in [0.29, 0.717) is 38.0 Å². The van der Waals surface area contributed by atoms with Crippen LogP contribution in [0.15, 0.2) is 48.5 Å². The summed E-state index contributed by atoms with van der Waals surface area (Å²) < 4.78 is 44.6. The molecule has 0 unspecified atom stereocenters.